The van der Waals surface area contributed by atoms with E-state index in [1.165, 1.54) is 62.5 Å². The van der Waals surface area contributed by atoms with Crippen LogP contribution >= 0.6 is 0 Å². The van der Waals surface area contributed by atoms with Crippen molar-refractivity contribution < 1.29 is 0 Å². The first-order valence-corrected chi connectivity index (χ1v) is 8.58. The zero-order valence-corrected chi connectivity index (χ0v) is 13.3. The normalized spacial score (nSPS) is 19.3. The molecule has 1 atom stereocenters. The Morgan fingerprint density at radius 2 is 1.50 bits per heavy atom. The molecule has 0 radical (unpaired) electrons. The Hall–Kier alpha value is -0.820. The lowest BCUT2D eigenvalue weighted by Gasteiger charge is -2.28. The highest BCUT2D eigenvalue weighted by Crippen LogP contribution is 2.26. The summed E-state index contributed by atoms with van der Waals surface area (Å²) in [5.41, 5.74) is 2.93. The molecular formula is C19H31N. The summed E-state index contributed by atoms with van der Waals surface area (Å²) >= 11 is 0. The molecule has 0 aliphatic heterocycles. The summed E-state index contributed by atoms with van der Waals surface area (Å²) in [5, 5.41) is 3.60. The van der Waals surface area contributed by atoms with Crippen molar-refractivity contribution in [3.05, 3.63) is 35.4 Å². The quantitative estimate of drug-likeness (QED) is 0.817. The fourth-order valence-corrected chi connectivity index (χ4v) is 3.56. The second-order valence-electron chi connectivity index (χ2n) is 6.37. The highest BCUT2D eigenvalue weighted by Gasteiger charge is 2.20. The predicted octanol–water partition coefficient (Wildman–Crippen LogP) is 4.74. The van der Waals surface area contributed by atoms with Crippen LogP contribution in [-0.4, -0.2) is 13.1 Å². The van der Waals surface area contributed by atoms with E-state index in [4.69, 9.17) is 0 Å². The van der Waals surface area contributed by atoms with E-state index in [1.807, 2.05) is 0 Å². The molecule has 0 heterocycles. The minimum absolute atomic E-state index is 0.653. The Labute approximate surface area is 125 Å². The Kier molecular flexibility index (Phi) is 6.59. The van der Waals surface area contributed by atoms with Crippen LogP contribution in [0.1, 0.15) is 63.0 Å². The molecule has 1 unspecified atom stereocenters. The van der Waals surface area contributed by atoms with E-state index in [2.05, 4.69) is 43.6 Å². The maximum absolute atomic E-state index is 3.60. The fraction of sp³-hybridized carbons (Fsp3) is 0.684. The number of nitrogens with one attached hydrogen (secondary N) is 1. The van der Waals surface area contributed by atoms with E-state index in [0.717, 1.165) is 12.3 Å². The summed E-state index contributed by atoms with van der Waals surface area (Å²) in [6, 6.07) is 9.89. The van der Waals surface area contributed by atoms with Crippen LogP contribution in [0.5, 0.6) is 0 Å². The van der Waals surface area contributed by atoms with Gasteiger partial charge in [0.1, 0.15) is 0 Å². The minimum Gasteiger partial charge on any atom is -0.316 e. The molecule has 1 fully saturated rings. The zero-order chi connectivity index (χ0) is 14.2. The van der Waals surface area contributed by atoms with Crippen LogP contribution in [-0.2, 0) is 12.8 Å². The highest BCUT2D eigenvalue weighted by molar-refractivity contribution is 5.23. The van der Waals surface area contributed by atoms with Gasteiger partial charge in [-0.25, -0.2) is 0 Å². The van der Waals surface area contributed by atoms with E-state index in [-0.39, 0.29) is 0 Å². The van der Waals surface area contributed by atoms with Crippen LogP contribution in [0.25, 0.3) is 0 Å². The second-order valence-corrected chi connectivity index (χ2v) is 6.37. The molecular weight excluding hydrogens is 242 g/mol. The first kappa shape index (κ1) is 15.6. The van der Waals surface area contributed by atoms with Crippen molar-refractivity contribution in [1.82, 2.24) is 5.32 Å². The van der Waals surface area contributed by atoms with E-state index in [9.17, 15) is 0 Å². The lowest BCUT2D eigenvalue weighted by Crippen LogP contribution is -2.36. The molecule has 1 aliphatic carbocycles. The first-order chi connectivity index (χ1) is 9.83. The number of aryl methyl sites for hydroxylation is 1. The summed E-state index contributed by atoms with van der Waals surface area (Å²) in [6.07, 6.45) is 12.3. The number of hydrogen-bond donors (Lipinski definition) is 1. The molecule has 0 spiro atoms. The smallest absolute Gasteiger partial charge is 0.0133 e. The van der Waals surface area contributed by atoms with Gasteiger partial charge in [0.25, 0.3) is 0 Å². The van der Waals surface area contributed by atoms with Crippen molar-refractivity contribution in [2.24, 2.45) is 5.92 Å². The van der Waals surface area contributed by atoms with E-state index in [0.29, 0.717) is 6.04 Å². The van der Waals surface area contributed by atoms with Crippen molar-refractivity contribution in [1.29, 1.82) is 0 Å². The monoisotopic (exact) mass is 273 g/mol. The van der Waals surface area contributed by atoms with Gasteiger partial charge in [-0.1, -0.05) is 63.3 Å². The SMILES string of the molecule is CCc1ccc(CC(NC)C2CCCCCCC2)cc1. The largest absolute Gasteiger partial charge is 0.316 e. The van der Waals surface area contributed by atoms with Gasteiger partial charge in [0.05, 0.1) is 0 Å². The Balaban J connectivity index is 1.95. The molecule has 1 saturated carbocycles. The Bertz CT molecular complexity index is 360. The van der Waals surface area contributed by atoms with Gasteiger partial charge in [0.2, 0.25) is 0 Å². The molecule has 2 rings (SSSR count). The van der Waals surface area contributed by atoms with Crippen LogP contribution in [0.15, 0.2) is 24.3 Å². The lowest BCUT2D eigenvalue weighted by molar-refractivity contribution is 0.294. The molecule has 1 heteroatoms. The molecule has 1 N–H and O–H groups in total. The van der Waals surface area contributed by atoms with E-state index in [1.54, 1.807) is 0 Å². The zero-order valence-electron chi connectivity index (χ0n) is 13.3. The van der Waals surface area contributed by atoms with Crippen LogP contribution in [0, 0.1) is 5.92 Å². The molecule has 0 bridgehead atoms. The molecule has 20 heavy (non-hydrogen) atoms. The molecule has 0 aromatic heterocycles. The van der Waals surface area contributed by atoms with E-state index < -0.39 is 0 Å². The summed E-state index contributed by atoms with van der Waals surface area (Å²) in [6.45, 7) is 2.22. The van der Waals surface area contributed by atoms with Crippen molar-refractivity contribution in [2.45, 2.75) is 70.8 Å². The summed E-state index contributed by atoms with van der Waals surface area (Å²) in [4.78, 5) is 0. The van der Waals surface area contributed by atoms with Gasteiger partial charge in [-0.2, -0.15) is 0 Å². The van der Waals surface area contributed by atoms with Crippen LogP contribution in [0.3, 0.4) is 0 Å². The van der Waals surface area contributed by atoms with Crippen LogP contribution < -0.4 is 5.32 Å². The van der Waals surface area contributed by atoms with Gasteiger partial charge < -0.3 is 5.32 Å². The molecule has 112 valence electrons. The van der Waals surface area contributed by atoms with E-state index >= 15 is 0 Å². The van der Waals surface area contributed by atoms with Gasteiger partial charge in [-0.3, -0.25) is 0 Å². The van der Waals surface area contributed by atoms with Crippen molar-refractivity contribution in [3.8, 4) is 0 Å². The van der Waals surface area contributed by atoms with Crippen LogP contribution in [0.2, 0.25) is 0 Å². The van der Waals surface area contributed by atoms with Crippen molar-refractivity contribution in [3.63, 3.8) is 0 Å². The van der Waals surface area contributed by atoms with Crippen molar-refractivity contribution in [2.75, 3.05) is 7.05 Å². The molecule has 1 aliphatic rings. The average Bonchev–Trinajstić information content (AvgIpc) is 2.46. The lowest BCUT2D eigenvalue weighted by atomic mass is 9.83. The highest BCUT2D eigenvalue weighted by atomic mass is 14.9. The average molecular weight is 273 g/mol. The summed E-state index contributed by atoms with van der Waals surface area (Å²) < 4.78 is 0. The molecule has 0 saturated heterocycles. The predicted molar refractivity (Wildman–Crippen MR) is 88.2 cm³/mol. The number of likely N-dealkylation sites (N-methyl/N-ethyl adjacent to an activating group) is 1. The standard InChI is InChI=1S/C19H31N/c1-3-16-11-13-17(14-12-16)15-19(20-2)18-9-7-5-4-6-8-10-18/h11-14,18-20H,3-10,15H2,1-2H3. The Morgan fingerprint density at radius 1 is 0.950 bits per heavy atom. The van der Waals surface area contributed by atoms with Gasteiger partial charge in [0.15, 0.2) is 0 Å². The molecule has 1 aromatic rings. The minimum atomic E-state index is 0.653. The summed E-state index contributed by atoms with van der Waals surface area (Å²) in [7, 11) is 2.14. The molecule has 0 amide bonds. The molecule has 1 aromatic carbocycles. The van der Waals surface area contributed by atoms with Gasteiger partial charge in [-0.15, -0.1) is 0 Å². The molecule has 1 nitrogen and oxygen atoms in total. The number of benzene rings is 1. The van der Waals surface area contributed by atoms with Crippen LogP contribution in [0.4, 0.5) is 0 Å². The third-order valence-corrected chi connectivity index (χ3v) is 4.98. The van der Waals surface area contributed by atoms with Gasteiger partial charge in [-0.05, 0) is 49.8 Å². The number of hydrogen-bond acceptors (Lipinski definition) is 1. The topological polar surface area (TPSA) is 12.0 Å². The summed E-state index contributed by atoms with van der Waals surface area (Å²) in [5.74, 6) is 0.867. The van der Waals surface area contributed by atoms with Gasteiger partial charge in [0, 0.05) is 6.04 Å². The third-order valence-electron chi connectivity index (χ3n) is 4.98. The fourth-order valence-electron chi connectivity index (χ4n) is 3.56. The second kappa shape index (κ2) is 8.46. The number of rotatable bonds is 5. The Morgan fingerprint density at radius 3 is 2.05 bits per heavy atom. The maximum Gasteiger partial charge on any atom is 0.0133 e. The third kappa shape index (κ3) is 4.63. The van der Waals surface area contributed by atoms with Crippen molar-refractivity contribution >= 4 is 0 Å². The maximum atomic E-state index is 3.60. The first-order valence-electron chi connectivity index (χ1n) is 8.58. The van der Waals surface area contributed by atoms with Gasteiger partial charge >= 0.3 is 0 Å².